The Labute approximate surface area is 125 Å². The summed E-state index contributed by atoms with van der Waals surface area (Å²) >= 11 is 0. The zero-order valence-corrected chi connectivity index (χ0v) is 12.5. The van der Waals surface area contributed by atoms with E-state index >= 15 is 0 Å². The molecule has 1 atom stereocenters. The van der Waals surface area contributed by atoms with Crippen LogP contribution in [0.2, 0.25) is 0 Å². The summed E-state index contributed by atoms with van der Waals surface area (Å²) in [7, 11) is 0. The van der Waals surface area contributed by atoms with Crippen molar-refractivity contribution in [1.29, 1.82) is 0 Å². The highest BCUT2D eigenvalue weighted by molar-refractivity contribution is 5.86. The van der Waals surface area contributed by atoms with E-state index < -0.39 is 11.5 Å². The molecule has 6 nitrogen and oxygen atoms in total. The molecule has 1 heterocycles. The molecule has 1 aliphatic carbocycles. The van der Waals surface area contributed by atoms with Crippen LogP contribution in [0.1, 0.15) is 51.4 Å². The number of hydrogen-bond acceptors (Lipinski definition) is 3. The summed E-state index contributed by atoms with van der Waals surface area (Å²) in [6.07, 6.45) is 6.76. The number of carbonyl (C=O) groups excluding carboxylic acids is 1. The number of carboxylic acid groups (broad SMARTS) is 1. The standard InChI is InChI=1S/C15H26N2O4/c18-13(19)15(7-3-1-2-4-8-15)17-14(20)16-9-5-12-6-10-21-11-12/h12H,1-11H2,(H,18,19)(H2,16,17,20). The lowest BCUT2D eigenvalue weighted by Gasteiger charge is -2.29. The van der Waals surface area contributed by atoms with Crippen LogP contribution >= 0.6 is 0 Å². The van der Waals surface area contributed by atoms with E-state index in [0.29, 0.717) is 25.3 Å². The van der Waals surface area contributed by atoms with E-state index in [1.54, 1.807) is 0 Å². The second kappa shape index (κ2) is 7.64. The van der Waals surface area contributed by atoms with Crippen molar-refractivity contribution >= 4 is 12.0 Å². The lowest BCUT2D eigenvalue weighted by Crippen LogP contribution is -2.57. The topological polar surface area (TPSA) is 87.7 Å². The molecule has 2 rings (SSSR count). The lowest BCUT2D eigenvalue weighted by molar-refractivity contribution is -0.145. The number of ether oxygens (including phenoxy) is 1. The fourth-order valence-electron chi connectivity index (χ4n) is 3.19. The molecular weight excluding hydrogens is 272 g/mol. The number of amides is 2. The van der Waals surface area contributed by atoms with Crippen LogP contribution in [0.25, 0.3) is 0 Å². The molecule has 0 spiro atoms. The van der Waals surface area contributed by atoms with Gasteiger partial charge in [0.25, 0.3) is 0 Å². The maximum atomic E-state index is 12.0. The Bertz CT molecular complexity index is 359. The summed E-state index contributed by atoms with van der Waals surface area (Å²) in [6, 6.07) is -0.363. The fraction of sp³-hybridized carbons (Fsp3) is 0.867. The van der Waals surface area contributed by atoms with Crippen molar-refractivity contribution in [2.24, 2.45) is 5.92 Å². The highest BCUT2D eigenvalue weighted by Gasteiger charge is 2.40. The molecule has 1 aliphatic heterocycles. The summed E-state index contributed by atoms with van der Waals surface area (Å²) in [4.78, 5) is 23.6. The summed E-state index contributed by atoms with van der Waals surface area (Å²) in [5, 5.41) is 15.0. The minimum absolute atomic E-state index is 0.363. The molecule has 1 saturated heterocycles. The van der Waals surface area contributed by atoms with Crippen molar-refractivity contribution in [2.75, 3.05) is 19.8 Å². The normalized spacial score (nSPS) is 25.0. The largest absolute Gasteiger partial charge is 0.480 e. The molecule has 120 valence electrons. The van der Waals surface area contributed by atoms with E-state index in [1.807, 2.05) is 0 Å². The summed E-state index contributed by atoms with van der Waals surface area (Å²) in [5.74, 6) is -0.402. The third-order valence-electron chi connectivity index (χ3n) is 4.58. The van der Waals surface area contributed by atoms with E-state index in [-0.39, 0.29) is 6.03 Å². The number of carboxylic acids is 1. The summed E-state index contributed by atoms with van der Waals surface area (Å²) in [5.41, 5.74) is -1.09. The second-order valence-corrected chi connectivity index (χ2v) is 6.20. The van der Waals surface area contributed by atoms with Crippen molar-refractivity contribution in [3.05, 3.63) is 0 Å². The molecule has 1 saturated carbocycles. The number of urea groups is 1. The van der Waals surface area contributed by atoms with Gasteiger partial charge in [-0.15, -0.1) is 0 Å². The van der Waals surface area contributed by atoms with Crippen molar-refractivity contribution in [3.8, 4) is 0 Å². The van der Waals surface area contributed by atoms with Crippen molar-refractivity contribution < 1.29 is 19.4 Å². The molecule has 2 aliphatic rings. The monoisotopic (exact) mass is 298 g/mol. The van der Waals surface area contributed by atoms with E-state index in [9.17, 15) is 14.7 Å². The predicted molar refractivity (Wildman–Crippen MR) is 78.1 cm³/mol. The van der Waals surface area contributed by atoms with Gasteiger partial charge in [0.1, 0.15) is 5.54 Å². The zero-order chi connectivity index (χ0) is 15.1. The van der Waals surface area contributed by atoms with Gasteiger partial charge in [0.15, 0.2) is 0 Å². The zero-order valence-electron chi connectivity index (χ0n) is 12.5. The van der Waals surface area contributed by atoms with Gasteiger partial charge in [-0.2, -0.15) is 0 Å². The molecule has 0 bridgehead atoms. The van der Waals surface area contributed by atoms with Crippen LogP contribution in [-0.4, -0.2) is 42.4 Å². The molecule has 1 unspecified atom stereocenters. The Kier molecular flexibility index (Phi) is 5.85. The minimum atomic E-state index is -1.09. The van der Waals surface area contributed by atoms with E-state index in [1.165, 1.54) is 0 Å². The minimum Gasteiger partial charge on any atom is -0.480 e. The van der Waals surface area contributed by atoms with Crippen LogP contribution in [0.3, 0.4) is 0 Å². The van der Waals surface area contributed by atoms with Crippen LogP contribution < -0.4 is 10.6 Å². The van der Waals surface area contributed by atoms with E-state index in [4.69, 9.17) is 4.74 Å². The maximum Gasteiger partial charge on any atom is 0.329 e. The molecule has 0 radical (unpaired) electrons. The van der Waals surface area contributed by atoms with Crippen LogP contribution in [0.5, 0.6) is 0 Å². The van der Waals surface area contributed by atoms with Gasteiger partial charge < -0.3 is 20.5 Å². The third-order valence-corrected chi connectivity index (χ3v) is 4.58. The van der Waals surface area contributed by atoms with Gasteiger partial charge in [-0.1, -0.05) is 25.7 Å². The number of carbonyl (C=O) groups is 2. The second-order valence-electron chi connectivity index (χ2n) is 6.20. The molecule has 3 N–H and O–H groups in total. The van der Waals surface area contributed by atoms with Crippen LogP contribution in [-0.2, 0) is 9.53 Å². The number of nitrogens with one attached hydrogen (secondary N) is 2. The molecular formula is C15H26N2O4. The highest BCUT2D eigenvalue weighted by Crippen LogP contribution is 2.27. The van der Waals surface area contributed by atoms with Gasteiger partial charge in [-0.25, -0.2) is 9.59 Å². The number of rotatable bonds is 5. The molecule has 0 aromatic heterocycles. The average Bonchev–Trinajstić information content (AvgIpc) is 2.84. The summed E-state index contributed by atoms with van der Waals surface area (Å²) in [6.45, 7) is 2.14. The van der Waals surface area contributed by atoms with Gasteiger partial charge in [0.05, 0.1) is 0 Å². The maximum absolute atomic E-state index is 12.0. The first-order valence-corrected chi connectivity index (χ1v) is 7.99. The van der Waals surface area contributed by atoms with Gasteiger partial charge >= 0.3 is 12.0 Å². The van der Waals surface area contributed by atoms with Gasteiger partial charge in [-0.3, -0.25) is 0 Å². The van der Waals surface area contributed by atoms with Crippen LogP contribution in [0, 0.1) is 5.92 Å². The molecule has 21 heavy (non-hydrogen) atoms. The van der Waals surface area contributed by atoms with Gasteiger partial charge in [0, 0.05) is 19.8 Å². The van der Waals surface area contributed by atoms with E-state index in [2.05, 4.69) is 10.6 Å². The third kappa shape index (κ3) is 4.59. The Morgan fingerprint density at radius 1 is 1.19 bits per heavy atom. The number of aliphatic carboxylic acids is 1. The lowest BCUT2D eigenvalue weighted by atomic mass is 9.90. The first kappa shape index (κ1) is 16.1. The molecule has 6 heteroatoms. The summed E-state index contributed by atoms with van der Waals surface area (Å²) < 4.78 is 5.29. The Morgan fingerprint density at radius 3 is 2.48 bits per heavy atom. The molecule has 0 aromatic carbocycles. The molecule has 2 amide bonds. The van der Waals surface area contributed by atoms with Crippen LogP contribution in [0.15, 0.2) is 0 Å². The first-order chi connectivity index (χ1) is 10.1. The van der Waals surface area contributed by atoms with Crippen molar-refractivity contribution in [2.45, 2.75) is 56.9 Å². The average molecular weight is 298 g/mol. The highest BCUT2D eigenvalue weighted by atomic mass is 16.5. The smallest absolute Gasteiger partial charge is 0.329 e. The van der Waals surface area contributed by atoms with Crippen molar-refractivity contribution in [3.63, 3.8) is 0 Å². The fourth-order valence-corrected chi connectivity index (χ4v) is 3.19. The number of hydrogen-bond donors (Lipinski definition) is 3. The first-order valence-electron chi connectivity index (χ1n) is 7.99. The Morgan fingerprint density at radius 2 is 1.90 bits per heavy atom. The Balaban J connectivity index is 1.78. The van der Waals surface area contributed by atoms with Crippen molar-refractivity contribution in [1.82, 2.24) is 10.6 Å². The molecule has 2 fully saturated rings. The van der Waals surface area contributed by atoms with Crippen LogP contribution in [0.4, 0.5) is 4.79 Å². The SMILES string of the molecule is O=C(NCCC1CCOC1)NC1(C(=O)O)CCCCCC1. The quantitative estimate of drug-likeness (QED) is 0.676. The van der Waals surface area contributed by atoms with Gasteiger partial charge in [-0.05, 0) is 31.6 Å². The Hall–Kier alpha value is -1.30. The predicted octanol–water partition coefficient (Wildman–Crippen LogP) is 1.89. The van der Waals surface area contributed by atoms with E-state index in [0.717, 1.165) is 51.7 Å². The van der Waals surface area contributed by atoms with Gasteiger partial charge in [0.2, 0.25) is 0 Å². The molecule has 0 aromatic rings.